The van der Waals surface area contributed by atoms with E-state index in [9.17, 15) is 9.90 Å². The standard InChI is InChI=1S/C12H16N2O2/c15-11(10-4-2-1-3-5-10)12(16)14-8-6-13-7-9-14/h1-5,11,13,15H,6-9H2. The monoisotopic (exact) mass is 220 g/mol. The van der Waals surface area contributed by atoms with Crippen molar-refractivity contribution in [2.24, 2.45) is 0 Å². The van der Waals surface area contributed by atoms with Crippen molar-refractivity contribution in [2.45, 2.75) is 6.10 Å². The molecule has 1 atom stereocenters. The van der Waals surface area contributed by atoms with Crippen LogP contribution in [0.5, 0.6) is 0 Å². The smallest absolute Gasteiger partial charge is 0.256 e. The predicted octanol–water partition coefficient (Wildman–Crippen LogP) is 0.152. The normalized spacial score (nSPS) is 18.2. The number of aliphatic hydroxyl groups is 1. The first-order valence-corrected chi connectivity index (χ1v) is 5.51. The molecule has 0 aromatic heterocycles. The fourth-order valence-electron chi connectivity index (χ4n) is 1.84. The number of nitrogens with zero attached hydrogens (tertiary/aromatic N) is 1. The molecule has 1 saturated heterocycles. The van der Waals surface area contributed by atoms with Crippen LogP contribution in [0.3, 0.4) is 0 Å². The van der Waals surface area contributed by atoms with E-state index in [1.54, 1.807) is 17.0 Å². The minimum absolute atomic E-state index is 0.201. The SMILES string of the molecule is O=C(C(O)c1ccccc1)N1CCNCC1. The first-order valence-electron chi connectivity index (χ1n) is 5.51. The summed E-state index contributed by atoms with van der Waals surface area (Å²) in [5, 5.41) is 13.1. The third kappa shape index (κ3) is 2.40. The lowest BCUT2D eigenvalue weighted by atomic mass is 10.1. The third-order valence-corrected chi connectivity index (χ3v) is 2.78. The van der Waals surface area contributed by atoms with Crippen LogP contribution in [-0.2, 0) is 4.79 Å². The predicted molar refractivity (Wildman–Crippen MR) is 60.9 cm³/mol. The molecule has 1 amide bonds. The average Bonchev–Trinajstić information content (AvgIpc) is 2.39. The molecular formula is C12H16N2O2. The van der Waals surface area contributed by atoms with Gasteiger partial charge in [-0.3, -0.25) is 4.79 Å². The van der Waals surface area contributed by atoms with Gasteiger partial charge in [-0.2, -0.15) is 0 Å². The van der Waals surface area contributed by atoms with Crippen molar-refractivity contribution in [3.05, 3.63) is 35.9 Å². The Kier molecular flexibility index (Phi) is 3.54. The highest BCUT2D eigenvalue weighted by Crippen LogP contribution is 2.15. The molecule has 16 heavy (non-hydrogen) atoms. The molecule has 1 unspecified atom stereocenters. The number of hydrogen-bond donors (Lipinski definition) is 2. The molecule has 1 aromatic rings. The lowest BCUT2D eigenvalue weighted by Crippen LogP contribution is -2.48. The molecule has 4 nitrogen and oxygen atoms in total. The molecule has 1 aliphatic rings. The van der Waals surface area contributed by atoms with Gasteiger partial charge in [0.25, 0.3) is 5.91 Å². The summed E-state index contributed by atoms with van der Waals surface area (Å²) < 4.78 is 0. The van der Waals surface area contributed by atoms with Crippen LogP contribution in [0.2, 0.25) is 0 Å². The zero-order valence-corrected chi connectivity index (χ0v) is 9.10. The van der Waals surface area contributed by atoms with Gasteiger partial charge in [-0.1, -0.05) is 30.3 Å². The minimum atomic E-state index is -1.03. The Morgan fingerprint density at radius 3 is 2.50 bits per heavy atom. The highest BCUT2D eigenvalue weighted by Gasteiger charge is 2.24. The van der Waals surface area contributed by atoms with Crippen molar-refractivity contribution >= 4 is 5.91 Å². The summed E-state index contributed by atoms with van der Waals surface area (Å²) in [4.78, 5) is 13.6. The molecule has 1 fully saturated rings. The molecule has 4 heteroatoms. The van der Waals surface area contributed by atoms with Crippen LogP contribution in [0.15, 0.2) is 30.3 Å². The van der Waals surface area contributed by atoms with E-state index in [4.69, 9.17) is 0 Å². The highest BCUT2D eigenvalue weighted by atomic mass is 16.3. The van der Waals surface area contributed by atoms with Crippen LogP contribution in [0.25, 0.3) is 0 Å². The Morgan fingerprint density at radius 2 is 1.88 bits per heavy atom. The number of nitrogens with one attached hydrogen (secondary N) is 1. The van der Waals surface area contributed by atoms with Gasteiger partial charge in [0.05, 0.1) is 0 Å². The third-order valence-electron chi connectivity index (χ3n) is 2.78. The number of hydrogen-bond acceptors (Lipinski definition) is 3. The van der Waals surface area contributed by atoms with Gasteiger partial charge in [0.15, 0.2) is 6.10 Å². The molecule has 2 N–H and O–H groups in total. The van der Waals surface area contributed by atoms with E-state index in [1.807, 2.05) is 18.2 Å². The van der Waals surface area contributed by atoms with E-state index < -0.39 is 6.10 Å². The van der Waals surface area contributed by atoms with Gasteiger partial charge >= 0.3 is 0 Å². The summed E-state index contributed by atoms with van der Waals surface area (Å²) in [7, 11) is 0. The average molecular weight is 220 g/mol. The number of carbonyl (C=O) groups is 1. The molecule has 1 aliphatic heterocycles. The van der Waals surface area contributed by atoms with Crippen molar-refractivity contribution in [2.75, 3.05) is 26.2 Å². The lowest BCUT2D eigenvalue weighted by Gasteiger charge is -2.29. The molecule has 0 spiro atoms. The summed E-state index contributed by atoms with van der Waals surface area (Å²) in [5.41, 5.74) is 0.658. The Hall–Kier alpha value is -1.39. The van der Waals surface area contributed by atoms with Crippen LogP contribution in [0.1, 0.15) is 11.7 Å². The zero-order valence-electron chi connectivity index (χ0n) is 9.10. The minimum Gasteiger partial charge on any atom is -0.378 e. The molecule has 1 aromatic carbocycles. The molecule has 0 radical (unpaired) electrons. The molecule has 86 valence electrons. The van der Waals surface area contributed by atoms with Gasteiger partial charge in [-0.25, -0.2) is 0 Å². The summed E-state index contributed by atoms with van der Waals surface area (Å²) in [6, 6.07) is 9.05. The van der Waals surface area contributed by atoms with Gasteiger partial charge < -0.3 is 15.3 Å². The van der Waals surface area contributed by atoms with Crippen molar-refractivity contribution in [1.29, 1.82) is 0 Å². The van der Waals surface area contributed by atoms with Crippen LogP contribution in [-0.4, -0.2) is 42.1 Å². The molecular weight excluding hydrogens is 204 g/mol. The van der Waals surface area contributed by atoms with Gasteiger partial charge in [-0.05, 0) is 5.56 Å². The number of piperazine rings is 1. The highest BCUT2D eigenvalue weighted by molar-refractivity contribution is 5.82. The van der Waals surface area contributed by atoms with E-state index in [-0.39, 0.29) is 5.91 Å². The Morgan fingerprint density at radius 1 is 1.25 bits per heavy atom. The topological polar surface area (TPSA) is 52.6 Å². The summed E-state index contributed by atoms with van der Waals surface area (Å²) in [5.74, 6) is -0.201. The van der Waals surface area contributed by atoms with Crippen LogP contribution >= 0.6 is 0 Å². The lowest BCUT2D eigenvalue weighted by molar-refractivity contribution is -0.141. The van der Waals surface area contributed by atoms with E-state index in [0.29, 0.717) is 18.7 Å². The van der Waals surface area contributed by atoms with Crippen molar-refractivity contribution in [3.8, 4) is 0 Å². The fourth-order valence-corrected chi connectivity index (χ4v) is 1.84. The molecule has 0 bridgehead atoms. The maximum Gasteiger partial charge on any atom is 0.256 e. The molecule has 1 heterocycles. The fraction of sp³-hybridized carbons (Fsp3) is 0.417. The van der Waals surface area contributed by atoms with E-state index in [0.717, 1.165) is 13.1 Å². The summed E-state index contributed by atoms with van der Waals surface area (Å²) in [6.07, 6.45) is -1.03. The molecule has 0 saturated carbocycles. The van der Waals surface area contributed by atoms with E-state index >= 15 is 0 Å². The Bertz CT molecular complexity index is 347. The van der Waals surface area contributed by atoms with E-state index in [1.165, 1.54) is 0 Å². The van der Waals surface area contributed by atoms with Crippen LogP contribution < -0.4 is 5.32 Å². The largest absolute Gasteiger partial charge is 0.378 e. The Balaban J connectivity index is 2.04. The van der Waals surface area contributed by atoms with E-state index in [2.05, 4.69) is 5.32 Å². The number of benzene rings is 1. The van der Waals surface area contributed by atoms with Gasteiger partial charge in [0.1, 0.15) is 0 Å². The first kappa shape index (κ1) is 11.1. The maximum absolute atomic E-state index is 11.9. The van der Waals surface area contributed by atoms with Crippen molar-refractivity contribution in [3.63, 3.8) is 0 Å². The molecule has 0 aliphatic carbocycles. The van der Waals surface area contributed by atoms with Crippen molar-refractivity contribution < 1.29 is 9.90 Å². The number of rotatable bonds is 2. The second-order valence-electron chi connectivity index (χ2n) is 3.89. The molecule has 2 rings (SSSR count). The quantitative estimate of drug-likeness (QED) is 0.746. The second-order valence-corrected chi connectivity index (χ2v) is 3.89. The summed E-state index contributed by atoms with van der Waals surface area (Å²) in [6.45, 7) is 2.94. The number of amides is 1. The number of carbonyl (C=O) groups excluding carboxylic acids is 1. The Labute approximate surface area is 94.9 Å². The number of aliphatic hydroxyl groups excluding tert-OH is 1. The van der Waals surface area contributed by atoms with Gasteiger partial charge in [0.2, 0.25) is 0 Å². The van der Waals surface area contributed by atoms with Crippen LogP contribution in [0.4, 0.5) is 0 Å². The van der Waals surface area contributed by atoms with Crippen molar-refractivity contribution in [1.82, 2.24) is 10.2 Å². The first-order chi connectivity index (χ1) is 7.79. The second kappa shape index (κ2) is 5.09. The summed E-state index contributed by atoms with van der Waals surface area (Å²) >= 11 is 0. The van der Waals surface area contributed by atoms with Gasteiger partial charge in [0, 0.05) is 26.2 Å². The van der Waals surface area contributed by atoms with Gasteiger partial charge in [-0.15, -0.1) is 0 Å². The van der Waals surface area contributed by atoms with Crippen LogP contribution in [0, 0.1) is 0 Å². The zero-order chi connectivity index (χ0) is 11.4. The maximum atomic E-state index is 11.9.